The Morgan fingerprint density at radius 2 is 2.12 bits per heavy atom. The molecule has 24 heavy (non-hydrogen) atoms. The van der Waals surface area contributed by atoms with Gasteiger partial charge in [0.05, 0.1) is 35.9 Å². The summed E-state index contributed by atoms with van der Waals surface area (Å²) in [6, 6.07) is 5.89. The van der Waals surface area contributed by atoms with E-state index in [0.717, 1.165) is 35.1 Å². The molecule has 1 aliphatic rings. The van der Waals surface area contributed by atoms with E-state index in [2.05, 4.69) is 15.0 Å². The van der Waals surface area contributed by atoms with Crippen LogP contribution in [0.4, 0.5) is 5.82 Å². The minimum absolute atomic E-state index is 0.0461. The molecule has 1 saturated carbocycles. The van der Waals surface area contributed by atoms with Crippen molar-refractivity contribution in [1.29, 1.82) is 0 Å². The number of fused-ring (bicyclic) bond motifs is 1. The summed E-state index contributed by atoms with van der Waals surface area (Å²) < 4.78 is 6.72. The van der Waals surface area contributed by atoms with Crippen molar-refractivity contribution >= 4 is 22.8 Å². The maximum atomic E-state index is 12.0. The number of benzene rings is 1. The molecule has 7 nitrogen and oxygen atoms in total. The van der Waals surface area contributed by atoms with E-state index in [0.29, 0.717) is 11.6 Å². The summed E-state index contributed by atoms with van der Waals surface area (Å²) in [6.45, 7) is 0. The molecule has 2 aromatic heterocycles. The van der Waals surface area contributed by atoms with Gasteiger partial charge in [-0.15, -0.1) is 0 Å². The standard InChI is InChI=1S/C17H17N5O2/c1-22-8-19-13-10(4-3-5-11(13)22)14-12(9-6-7-9)21-16(18)15(20-14)17(23)24-2/h3-5,8-9H,6-7H2,1-2H3,(H2,18,21). The van der Waals surface area contributed by atoms with Crippen LogP contribution < -0.4 is 5.73 Å². The highest BCUT2D eigenvalue weighted by molar-refractivity contribution is 5.95. The first-order valence-corrected chi connectivity index (χ1v) is 7.76. The van der Waals surface area contributed by atoms with E-state index in [4.69, 9.17) is 10.5 Å². The zero-order valence-electron chi connectivity index (χ0n) is 13.5. The van der Waals surface area contributed by atoms with E-state index in [-0.39, 0.29) is 11.5 Å². The second kappa shape index (κ2) is 5.30. The van der Waals surface area contributed by atoms with Crippen molar-refractivity contribution in [2.75, 3.05) is 12.8 Å². The van der Waals surface area contributed by atoms with Crippen LogP contribution in [0.5, 0.6) is 0 Å². The fourth-order valence-corrected chi connectivity index (χ4v) is 2.90. The second-order valence-corrected chi connectivity index (χ2v) is 5.99. The Labute approximate surface area is 138 Å². The number of aryl methyl sites for hydroxylation is 1. The van der Waals surface area contributed by atoms with Crippen LogP contribution in [-0.4, -0.2) is 32.6 Å². The Morgan fingerprint density at radius 3 is 2.83 bits per heavy atom. The number of methoxy groups -OCH3 is 1. The number of anilines is 1. The first kappa shape index (κ1) is 14.6. The van der Waals surface area contributed by atoms with Crippen molar-refractivity contribution in [1.82, 2.24) is 19.5 Å². The number of imidazole rings is 1. The molecule has 0 amide bonds. The Hall–Kier alpha value is -2.96. The van der Waals surface area contributed by atoms with Gasteiger partial charge in [-0.1, -0.05) is 12.1 Å². The number of nitrogens with zero attached hydrogens (tertiary/aromatic N) is 4. The van der Waals surface area contributed by atoms with Gasteiger partial charge in [0.1, 0.15) is 0 Å². The molecule has 1 aliphatic carbocycles. The molecule has 7 heteroatoms. The number of ether oxygens (including phenoxy) is 1. The van der Waals surface area contributed by atoms with Crippen LogP contribution in [0.15, 0.2) is 24.5 Å². The third-order valence-electron chi connectivity index (χ3n) is 4.30. The molecular weight excluding hydrogens is 306 g/mol. The lowest BCUT2D eigenvalue weighted by molar-refractivity contribution is 0.0595. The van der Waals surface area contributed by atoms with Gasteiger partial charge in [-0.3, -0.25) is 0 Å². The van der Waals surface area contributed by atoms with Gasteiger partial charge in [0.25, 0.3) is 0 Å². The quantitative estimate of drug-likeness (QED) is 0.743. The number of hydrogen-bond acceptors (Lipinski definition) is 6. The third-order valence-corrected chi connectivity index (χ3v) is 4.30. The lowest BCUT2D eigenvalue weighted by Crippen LogP contribution is -2.13. The fourth-order valence-electron chi connectivity index (χ4n) is 2.90. The van der Waals surface area contributed by atoms with Gasteiger partial charge in [-0.05, 0) is 18.9 Å². The molecule has 1 fully saturated rings. The number of aromatic nitrogens is 4. The van der Waals surface area contributed by atoms with Gasteiger partial charge >= 0.3 is 5.97 Å². The van der Waals surface area contributed by atoms with Gasteiger partial charge in [-0.25, -0.2) is 19.7 Å². The molecule has 0 unspecified atom stereocenters. The second-order valence-electron chi connectivity index (χ2n) is 5.99. The molecular formula is C17H17N5O2. The number of esters is 1. The van der Waals surface area contributed by atoms with Crippen molar-refractivity contribution in [3.05, 3.63) is 35.9 Å². The lowest BCUT2D eigenvalue weighted by Gasteiger charge is -2.12. The van der Waals surface area contributed by atoms with Crippen LogP contribution in [0.2, 0.25) is 0 Å². The van der Waals surface area contributed by atoms with Crippen molar-refractivity contribution in [3.63, 3.8) is 0 Å². The van der Waals surface area contributed by atoms with Crippen molar-refractivity contribution < 1.29 is 9.53 Å². The van der Waals surface area contributed by atoms with Crippen molar-refractivity contribution in [3.8, 4) is 11.3 Å². The average Bonchev–Trinajstić information content (AvgIpc) is 3.37. The summed E-state index contributed by atoms with van der Waals surface area (Å²) in [4.78, 5) is 25.4. The lowest BCUT2D eigenvalue weighted by atomic mass is 10.0. The first-order chi connectivity index (χ1) is 11.6. The smallest absolute Gasteiger partial charge is 0.360 e. The summed E-state index contributed by atoms with van der Waals surface area (Å²) in [5.41, 5.74) is 10.2. The van der Waals surface area contributed by atoms with Crippen LogP contribution in [0.1, 0.15) is 34.9 Å². The Kier molecular flexibility index (Phi) is 3.23. The first-order valence-electron chi connectivity index (χ1n) is 7.76. The van der Waals surface area contributed by atoms with Gasteiger partial charge in [0.2, 0.25) is 0 Å². The molecule has 3 aromatic rings. The third kappa shape index (κ3) is 2.20. The topological polar surface area (TPSA) is 95.9 Å². The van der Waals surface area contributed by atoms with Gasteiger partial charge in [0.15, 0.2) is 11.5 Å². The zero-order chi connectivity index (χ0) is 16.8. The maximum absolute atomic E-state index is 12.0. The van der Waals surface area contributed by atoms with Gasteiger partial charge < -0.3 is 15.0 Å². The molecule has 0 bridgehead atoms. The number of nitrogen functional groups attached to an aromatic ring is 1. The number of carbonyl (C=O) groups is 1. The monoisotopic (exact) mass is 323 g/mol. The number of rotatable bonds is 3. The zero-order valence-corrected chi connectivity index (χ0v) is 13.5. The van der Waals surface area contributed by atoms with Crippen LogP contribution in [0, 0.1) is 0 Å². The molecule has 0 aliphatic heterocycles. The summed E-state index contributed by atoms with van der Waals surface area (Å²) in [7, 11) is 3.24. The minimum Gasteiger partial charge on any atom is -0.464 e. The van der Waals surface area contributed by atoms with E-state index in [1.165, 1.54) is 7.11 Å². The highest BCUT2D eigenvalue weighted by Gasteiger charge is 2.31. The predicted molar refractivity (Wildman–Crippen MR) is 89.5 cm³/mol. The predicted octanol–water partition coefficient (Wildman–Crippen LogP) is 2.28. The van der Waals surface area contributed by atoms with Gasteiger partial charge in [0, 0.05) is 18.5 Å². The van der Waals surface area contributed by atoms with Crippen LogP contribution >= 0.6 is 0 Å². The summed E-state index contributed by atoms with van der Waals surface area (Å²) in [6.07, 6.45) is 3.87. The molecule has 0 spiro atoms. The van der Waals surface area contributed by atoms with Crippen molar-refractivity contribution in [2.45, 2.75) is 18.8 Å². The molecule has 4 rings (SSSR count). The molecule has 2 N–H and O–H groups in total. The molecule has 0 saturated heterocycles. The highest BCUT2D eigenvalue weighted by atomic mass is 16.5. The fraction of sp³-hybridized carbons (Fsp3) is 0.294. The Balaban J connectivity index is 2.00. The molecule has 2 heterocycles. The Morgan fingerprint density at radius 1 is 1.33 bits per heavy atom. The number of para-hydroxylation sites is 1. The molecule has 1 aromatic carbocycles. The SMILES string of the molecule is COC(=O)c1nc(-c2cccc3c2ncn3C)c(C2CC2)nc1N. The van der Waals surface area contributed by atoms with E-state index < -0.39 is 5.97 Å². The summed E-state index contributed by atoms with van der Waals surface area (Å²) >= 11 is 0. The van der Waals surface area contributed by atoms with E-state index in [9.17, 15) is 4.79 Å². The number of hydrogen-bond donors (Lipinski definition) is 1. The highest BCUT2D eigenvalue weighted by Crippen LogP contribution is 2.44. The van der Waals surface area contributed by atoms with Crippen LogP contribution in [0.25, 0.3) is 22.3 Å². The number of carbonyl (C=O) groups excluding carboxylic acids is 1. The maximum Gasteiger partial charge on any atom is 0.360 e. The number of nitrogens with two attached hydrogens (primary N) is 1. The largest absolute Gasteiger partial charge is 0.464 e. The molecule has 0 radical (unpaired) electrons. The average molecular weight is 323 g/mol. The van der Waals surface area contributed by atoms with Gasteiger partial charge in [-0.2, -0.15) is 0 Å². The van der Waals surface area contributed by atoms with Crippen LogP contribution in [0.3, 0.4) is 0 Å². The normalized spacial score (nSPS) is 14.1. The van der Waals surface area contributed by atoms with Crippen LogP contribution in [-0.2, 0) is 11.8 Å². The summed E-state index contributed by atoms with van der Waals surface area (Å²) in [5.74, 6) is -0.141. The Bertz CT molecular complexity index is 959. The van der Waals surface area contributed by atoms with E-state index >= 15 is 0 Å². The summed E-state index contributed by atoms with van der Waals surface area (Å²) in [5, 5.41) is 0. The van der Waals surface area contributed by atoms with Crippen molar-refractivity contribution in [2.24, 2.45) is 7.05 Å². The van der Waals surface area contributed by atoms with E-state index in [1.807, 2.05) is 29.8 Å². The molecule has 0 atom stereocenters. The molecule has 122 valence electrons. The van der Waals surface area contributed by atoms with E-state index in [1.54, 1.807) is 6.33 Å². The minimum atomic E-state index is -0.586.